The molecule has 1 fully saturated rings. The summed E-state index contributed by atoms with van der Waals surface area (Å²) in [6, 6.07) is 2.67. The van der Waals surface area contributed by atoms with E-state index in [-0.39, 0.29) is 36.0 Å². The molecule has 1 aliphatic rings. The molecule has 0 radical (unpaired) electrons. The number of aromatic carboxylic acids is 1. The van der Waals surface area contributed by atoms with Crippen LogP contribution in [-0.4, -0.2) is 52.4 Å². The van der Waals surface area contributed by atoms with Crippen molar-refractivity contribution in [1.82, 2.24) is 15.2 Å². The molecule has 1 aromatic heterocycles. The topological polar surface area (TPSA) is 99.6 Å². The van der Waals surface area contributed by atoms with E-state index in [9.17, 15) is 14.4 Å². The normalized spacial score (nSPS) is 14.0. The van der Waals surface area contributed by atoms with Crippen LogP contribution in [0, 0.1) is 0 Å². The Bertz CT molecular complexity index is 536. The van der Waals surface area contributed by atoms with Crippen LogP contribution in [0.1, 0.15) is 40.1 Å². The van der Waals surface area contributed by atoms with Crippen LogP contribution < -0.4 is 5.32 Å². The van der Waals surface area contributed by atoms with Gasteiger partial charge in [0, 0.05) is 32.3 Å². The average molecular weight is 291 g/mol. The van der Waals surface area contributed by atoms with Gasteiger partial charge in [0.15, 0.2) is 0 Å². The lowest BCUT2D eigenvalue weighted by atomic mass is 10.2. The smallest absolute Gasteiger partial charge is 0.354 e. The molecule has 2 N–H and O–H groups in total. The van der Waals surface area contributed by atoms with E-state index in [4.69, 9.17) is 5.11 Å². The molecule has 0 aliphatic carbocycles. The molecule has 1 saturated heterocycles. The number of likely N-dealkylation sites (tertiary alicyclic amines) is 1. The fraction of sp³-hybridized carbons (Fsp3) is 0.429. The summed E-state index contributed by atoms with van der Waals surface area (Å²) in [7, 11) is 0. The molecule has 21 heavy (non-hydrogen) atoms. The first-order valence-corrected chi connectivity index (χ1v) is 6.83. The molecule has 1 aromatic rings. The predicted molar refractivity (Wildman–Crippen MR) is 74.0 cm³/mol. The zero-order valence-corrected chi connectivity index (χ0v) is 11.5. The molecule has 1 aliphatic heterocycles. The highest BCUT2D eigenvalue weighted by Crippen LogP contribution is 2.08. The van der Waals surface area contributed by atoms with Gasteiger partial charge in [0.1, 0.15) is 5.69 Å². The minimum Gasteiger partial charge on any atom is -0.477 e. The van der Waals surface area contributed by atoms with E-state index < -0.39 is 5.97 Å². The predicted octanol–water partition coefficient (Wildman–Crippen LogP) is 0.522. The third-order valence-electron chi connectivity index (χ3n) is 3.33. The largest absolute Gasteiger partial charge is 0.477 e. The first-order valence-electron chi connectivity index (χ1n) is 6.83. The van der Waals surface area contributed by atoms with Gasteiger partial charge < -0.3 is 15.3 Å². The van der Waals surface area contributed by atoms with Crippen molar-refractivity contribution >= 4 is 17.8 Å². The van der Waals surface area contributed by atoms with Gasteiger partial charge in [-0.3, -0.25) is 9.59 Å². The fourth-order valence-corrected chi connectivity index (χ4v) is 2.16. The van der Waals surface area contributed by atoms with Gasteiger partial charge >= 0.3 is 5.97 Å². The SMILES string of the molecule is O=C(NCCC(=O)N1CCCC1)c1ccc(C(=O)O)nc1. The number of carbonyl (C=O) groups excluding carboxylic acids is 2. The number of hydrogen-bond acceptors (Lipinski definition) is 4. The fourth-order valence-electron chi connectivity index (χ4n) is 2.16. The summed E-state index contributed by atoms with van der Waals surface area (Å²) >= 11 is 0. The zero-order valence-electron chi connectivity index (χ0n) is 11.5. The van der Waals surface area contributed by atoms with Gasteiger partial charge in [0.2, 0.25) is 5.91 Å². The summed E-state index contributed by atoms with van der Waals surface area (Å²) in [5.41, 5.74) is 0.157. The summed E-state index contributed by atoms with van der Waals surface area (Å²) < 4.78 is 0. The number of rotatable bonds is 5. The number of nitrogens with zero attached hydrogens (tertiary/aromatic N) is 2. The molecule has 0 bridgehead atoms. The van der Waals surface area contributed by atoms with Crippen LogP contribution in [0.4, 0.5) is 0 Å². The Morgan fingerprint density at radius 1 is 1.24 bits per heavy atom. The van der Waals surface area contributed by atoms with E-state index in [0.29, 0.717) is 0 Å². The number of nitrogens with one attached hydrogen (secondary N) is 1. The van der Waals surface area contributed by atoms with Gasteiger partial charge in [-0.1, -0.05) is 0 Å². The van der Waals surface area contributed by atoms with Crippen molar-refractivity contribution < 1.29 is 19.5 Å². The van der Waals surface area contributed by atoms with Gasteiger partial charge in [-0.15, -0.1) is 0 Å². The number of amides is 2. The molecule has 0 aromatic carbocycles. The summed E-state index contributed by atoms with van der Waals surface area (Å²) in [6.45, 7) is 1.86. The lowest BCUT2D eigenvalue weighted by molar-refractivity contribution is -0.129. The van der Waals surface area contributed by atoms with Crippen LogP contribution in [0.3, 0.4) is 0 Å². The second-order valence-electron chi connectivity index (χ2n) is 4.83. The van der Waals surface area contributed by atoms with Crippen LogP contribution in [-0.2, 0) is 4.79 Å². The van der Waals surface area contributed by atoms with E-state index in [2.05, 4.69) is 10.3 Å². The molecule has 0 unspecified atom stereocenters. The molecule has 0 spiro atoms. The first kappa shape index (κ1) is 15.0. The third-order valence-corrected chi connectivity index (χ3v) is 3.33. The molecule has 112 valence electrons. The number of hydrogen-bond donors (Lipinski definition) is 2. The van der Waals surface area contributed by atoms with Gasteiger partial charge in [0.05, 0.1) is 5.56 Å². The minimum atomic E-state index is -1.14. The van der Waals surface area contributed by atoms with Gasteiger partial charge in [-0.25, -0.2) is 9.78 Å². The number of carboxylic acid groups (broad SMARTS) is 1. The van der Waals surface area contributed by atoms with Gasteiger partial charge in [-0.2, -0.15) is 0 Å². The van der Waals surface area contributed by atoms with E-state index in [1.54, 1.807) is 4.90 Å². The Balaban J connectivity index is 1.78. The van der Waals surface area contributed by atoms with Crippen molar-refractivity contribution in [2.45, 2.75) is 19.3 Å². The van der Waals surface area contributed by atoms with Crippen molar-refractivity contribution in [1.29, 1.82) is 0 Å². The van der Waals surface area contributed by atoms with Crippen molar-refractivity contribution in [3.63, 3.8) is 0 Å². The summed E-state index contributed by atoms with van der Waals surface area (Å²) in [5, 5.41) is 11.3. The molecule has 2 rings (SSSR count). The second kappa shape index (κ2) is 6.83. The maximum atomic E-state index is 11.8. The van der Waals surface area contributed by atoms with Crippen molar-refractivity contribution in [3.8, 4) is 0 Å². The molecule has 0 saturated carbocycles. The Labute approximate surface area is 122 Å². The van der Waals surface area contributed by atoms with Gasteiger partial charge in [0.25, 0.3) is 5.91 Å². The number of pyridine rings is 1. The van der Waals surface area contributed by atoms with E-state index in [1.807, 2.05) is 0 Å². The van der Waals surface area contributed by atoms with Crippen LogP contribution in [0.15, 0.2) is 18.3 Å². The summed E-state index contributed by atoms with van der Waals surface area (Å²) in [6.07, 6.45) is 3.56. The molecule has 0 atom stereocenters. The minimum absolute atomic E-state index is 0.0483. The van der Waals surface area contributed by atoms with Crippen LogP contribution in [0.25, 0.3) is 0 Å². The quantitative estimate of drug-likeness (QED) is 0.824. The second-order valence-corrected chi connectivity index (χ2v) is 4.83. The molecule has 7 nitrogen and oxygen atoms in total. The number of carbonyl (C=O) groups is 3. The highest BCUT2D eigenvalue weighted by molar-refractivity contribution is 5.95. The zero-order chi connectivity index (χ0) is 15.2. The lowest BCUT2D eigenvalue weighted by Gasteiger charge is -2.15. The summed E-state index contributed by atoms with van der Waals surface area (Å²) in [4.78, 5) is 39.7. The molecule has 2 heterocycles. The van der Waals surface area contributed by atoms with Crippen molar-refractivity contribution in [2.24, 2.45) is 0 Å². The standard InChI is InChI=1S/C14H17N3O4/c18-12(17-7-1-2-8-17)5-6-15-13(19)10-3-4-11(14(20)21)16-9-10/h3-4,9H,1-2,5-8H2,(H,15,19)(H,20,21). The van der Waals surface area contributed by atoms with Crippen LogP contribution in [0.5, 0.6) is 0 Å². The highest BCUT2D eigenvalue weighted by atomic mass is 16.4. The number of aromatic nitrogens is 1. The Kier molecular flexibility index (Phi) is 4.86. The van der Waals surface area contributed by atoms with Crippen LogP contribution in [0.2, 0.25) is 0 Å². The maximum Gasteiger partial charge on any atom is 0.354 e. The monoisotopic (exact) mass is 291 g/mol. The molecule has 2 amide bonds. The number of carboxylic acids is 1. The van der Waals surface area contributed by atoms with Crippen molar-refractivity contribution in [3.05, 3.63) is 29.6 Å². The first-order chi connectivity index (χ1) is 10.1. The molecular weight excluding hydrogens is 274 g/mol. The van der Waals surface area contributed by atoms with Gasteiger partial charge in [-0.05, 0) is 25.0 Å². The van der Waals surface area contributed by atoms with Crippen molar-refractivity contribution in [2.75, 3.05) is 19.6 Å². The average Bonchev–Trinajstić information content (AvgIpc) is 3.01. The highest BCUT2D eigenvalue weighted by Gasteiger charge is 2.17. The maximum absolute atomic E-state index is 11.8. The van der Waals surface area contributed by atoms with Crippen LogP contribution >= 0.6 is 0 Å². The molecular formula is C14H17N3O4. The van der Waals surface area contributed by atoms with E-state index >= 15 is 0 Å². The third kappa shape index (κ3) is 4.01. The Hall–Kier alpha value is -2.44. The lowest BCUT2D eigenvalue weighted by Crippen LogP contribution is -2.32. The molecule has 7 heteroatoms. The van der Waals surface area contributed by atoms with E-state index in [1.165, 1.54) is 18.3 Å². The van der Waals surface area contributed by atoms with E-state index in [0.717, 1.165) is 25.9 Å². The Morgan fingerprint density at radius 2 is 1.95 bits per heavy atom. The Morgan fingerprint density at radius 3 is 2.52 bits per heavy atom. The summed E-state index contributed by atoms with van der Waals surface area (Å²) in [5.74, 6) is -1.46.